The molecule has 0 bridgehead atoms. The van der Waals surface area contributed by atoms with E-state index in [9.17, 15) is 0 Å². The average molecular weight is 218 g/mol. The number of amidine groups is 1. The predicted octanol–water partition coefficient (Wildman–Crippen LogP) is 3.08. The number of allylic oxidation sites excluding steroid dienone is 1. The topological polar surface area (TPSA) is 38.4 Å². The lowest BCUT2D eigenvalue weighted by molar-refractivity contribution is 1.04. The number of hydrogen-bond acceptors (Lipinski definition) is 3. The van der Waals surface area contributed by atoms with Crippen LogP contribution in [0.25, 0.3) is 0 Å². The second-order valence-corrected chi connectivity index (χ2v) is 4.75. The van der Waals surface area contributed by atoms with E-state index in [0.717, 1.165) is 5.70 Å². The highest BCUT2D eigenvalue weighted by Crippen LogP contribution is 2.40. The van der Waals surface area contributed by atoms with Crippen molar-refractivity contribution in [2.75, 3.05) is 0 Å². The molecule has 1 unspecified atom stereocenters. The van der Waals surface area contributed by atoms with Gasteiger partial charge in [-0.15, -0.1) is 0 Å². The van der Waals surface area contributed by atoms with Gasteiger partial charge in [0.15, 0.2) is 5.17 Å². The van der Waals surface area contributed by atoms with Gasteiger partial charge in [-0.2, -0.15) is 0 Å². The lowest BCUT2D eigenvalue weighted by Gasteiger charge is -2.22. The second kappa shape index (κ2) is 4.11. The van der Waals surface area contributed by atoms with E-state index in [1.807, 2.05) is 13.0 Å². The van der Waals surface area contributed by atoms with Crippen molar-refractivity contribution in [3.63, 3.8) is 0 Å². The SMILES string of the molecule is CC1=C(C)C(c2ccccc2)SC(N)=N1. The molecule has 1 heterocycles. The molecule has 0 aliphatic carbocycles. The van der Waals surface area contributed by atoms with Gasteiger partial charge in [0.1, 0.15) is 0 Å². The summed E-state index contributed by atoms with van der Waals surface area (Å²) in [5, 5.41) is 0.982. The first kappa shape index (κ1) is 10.3. The van der Waals surface area contributed by atoms with Gasteiger partial charge in [-0.05, 0) is 25.0 Å². The largest absolute Gasteiger partial charge is 0.378 e. The van der Waals surface area contributed by atoms with E-state index in [1.165, 1.54) is 11.1 Å². The number of benzene rings is 1. The Morgan fingerprint density at radius 2 is 1.87 bits per heavy atom. The van der Waals surface area contributed by atoms with Gasteiger partial charge in [0, 0.05) is 5.70 Å². The van der Waals surface area contributed by atoms with Crippen LogP contribution < -0.4 is 5.73 Å². The van der Waals surface area contributed by atoms with Crippen molar-refractivity contribution in [2.45, 2.75) is 19.1 Å². The van der Waals surface area contributed by atoms with Crippen molar-refractivity contribution in [1.29, 1.82) is 0 Å². The Morgan fingerprint density at radius 1 is 1.20 bits per heavy atom. The molecule has 1 aliphatic rings. The van der Waals surface area contributed by atoms with Gasteiger partial charge in [-0.1, -0.05) is 42.1 Å². The van der Waals surface area contributed by atoms with Crippen molar-refractivity contribution >= 4 is 16.9 Å². The number of nitrogens with two attached hydrogens (primary N) is 1. The first-order chi connectivity index (χ1) is 7.18. The Morgan fingerprint density at radius 3 is 2.53 bits per heavy atom. The van der Waals surface area contributed by atoms with Gasteiger partial charge in [0.2, 0.25) is 0 Å². The maximum absolute atomic E-state index is 5.79. The number of hydrogen-bond donors (Lipinski definition) is 1. The molecule has 0 aromatic heterocycles. The van der Waals surface area contributed by atoms with E-state index in [4.69, 9.17) is 5.73 Å². The maximum atomic E-state index is 5.79. The minimum Gasteiger partial charge on any atom is -0.378 e. The summed E-state index contributed by atoms with van der Waals surface area (Å²) < 4.78 is 0. The molecule has 3 heteroatoms. The minimum atomic E-state index is 0.323. The molecular weight excluding hydrogens is 204 g/mol. The van der Waals surface area contributed by atoms with Crippen LogP contribution in [0.15, 0.2) is 46.6 Å². The van der Waals surface area contributed by atoms with Crippen LogP contribution in [0.2, 0.25) is 0 Å². The van der Waals surface area contributed by atoms with Crippen LogP contribution in [0.5, 0.6) is 0 Å². The van der Waals surface area contributed by atoms with Gasteiger partial charge in [0.25, 0.3) is 0 Å². The molecular formula is C12H14N2S. The van der Waals surface area contributed by atoms with Crippen molar-refractivity contribution < 1.29 is 0 Å². The van der Waals surface area contributed by atoms with Crippen LogP contribution >= 0.6 is 11.8 Å². The zero-order chi connectivity index (χ0) is 10.8. The van der Waals surface area contributed by atoms with Gasteiger partial charge < -0.3 is 5.73 Å². The smallest absolute Gasteiger partial charge is 0.159 e. The molecule has 1 aromatic carbocycles. The molecule has 0 radical (unpaired) electrons. The van der Waals surface area contributed by atoms with Crippen molar-refractivity contribution in [3.05, 3.63) is 47.2 Å². The molecule has 15 heavy (non-hydrogen) atoms. The van der Waals surface area contributed by atoms with Crippen molar-refractivity contribution in [3.8, 4) is 0 Å². The summed E-state index contributed by atoms with van der Waals surface area (Å²) in [4.78, 5) is 4.28. The average Bonchev–Trinajstić information content (AvgIpc) is 2.24. The highest BCUT2D eigenvalue weighted by atomic mass is 32.2. The van der Waals surface area contributed by atoms with Crippen LogP contribution in [0, 0.1) is 0 Å². The third-order valence-corrected chi connectivity index (χ3v) is 3.78. The monoisotopic (exact) mass is 218 g/mol. The van der Waals surface area contributed by atoms with Crippen LogP contribution in [-0.4, -0.2) is 5.17 Å². The van der Waals surface area contributed by atoms with E-state index in [2.05, 4.69) is 36.2 Å². The quantitative estimate of drug-likeness (QED) is 0.786. The van der Waals surface area contributed by atoms with Crippen molar-refractivity contribution in [1.82, 2.24) is 0 Å². The molecule has 2 rings (SSSR count). The Hall–Kier alpha value is -1.22. The van der Waals surface area contributed by atoms with E-state index in [-0.39, 0.29) is 0 Å². The van der Waals surface area contributed by atoms with Crippen molar-refractivity contribution in [2.24, 2.45) is 10.7 Å². The summed E-state index contributed by atoms with van der Waals surface area (Å²) in [6, 6.07) is 10.4. The molecule has 78 valence electrons. The van der Waals surface area contributed by atoms with E-state index in [1.54, 1.807) is 11.8 Å². The predicted molar refractivity (Wildman–Crippen MR) is 66.8 cm³/mol. The fourth-order valence-electron chi connectivity index (χ4n) is 1.62. The number of rotatable bonds is 1. The van der Waals surface area contributed by atoms with Gasteiger partial charge in [-0.3, -0.25) is 0 Å². The summed E-state index contributed by atoms with van der Waals surface area (Å²) in [6.45, 7) is 4.13. The fraction of sp³-hybridized carbons (Fsp3) is 0.250. The summed E-state index contributed by atoms with van der Waals surface area (Å²) in [7, 11) is 0. The molecule has 2 N–H and O–H groups in total. The first-order valence-electron chi connectivity index (χ1n) is 4.91. The van der Waals surface area contributed by atoms with E-state index in [0.29, 0.717) is 10.4 Å². The van der Waals surface area contributed by atoms with Crippen LogP contribution in [0.1, 0.15) is 24.7 Å². The zero-order valence-corrected chi connectivity index (χ0v) is 9.71. The molecule has 2 nitrogen and oxygen atoms in total. The van der Waals surface area contributed by atoms with Gasteiger partial charge >= 0.3 is 0 Å². The zero-order valence-electron chi connectivity index (χ0n) is 8.90. The standard InChI is InChI=1S/C12H14N2S/c1-8-9(2)14-12(13)15-11(8)10-6-4-3-5-7-10/h3-7,11H,1-2H3,(H2,13,14). The van der Waals surface area contributed by atoms with Gasteiger partial charge in [-0.25, -0.2) is 4.99 Å². The Labute approximate surface area is 94.3 Å². The lowest BCUT2D eigenvalue weighted by atomic mass is 10.0. The third kappa shape index (κ3) is 2.07. The molecule has 0 fully saturated rings. The first-order valence-corrected chi connectivity index (χ1v) is 5.79. The number of aliphatic imine (C=N–C) groups is 1. The Kier molecular flexibility index (Phi) is 2.82. The summed E-state index contributed by atoms with van der Waals surface area (Å²) >= 11 is 1.62. The summed E-state index contributed by atoms with van der Waals surface area (Å²) in [5.41, 5.74) is 9.42. The van der Waals surface area contributed by atoms with Crippen LogP contribution in [-0.2, 0) is 0 Å². The van der Waals surface area contributed by atoms with E-state index >= 15 is 0 Å². The van der Waals surface area contributed by atoms with Crippen LogP contribution in [0.4, 0.5) is 0 Å². The van der Waals surface area contributed by atoms with Gasteiger partial charge in [0.05, 0.1) is 5.25 Å². The highest BCUT2D eigenvalue weighted by molar-refractivity contribution is 8.14. The Balaban J connectivity index is 2.37. The fourth-order valence-corrected chi connectivity index (χ4v) is 2.70. The highest BCUT2D eigenvalue weighted by Gasteiger charge is 2.21. The lowest BCUT2D eigenvalue weighted by Crippen LogP contribution is -2.15. The molecule has 1 aliphatic heterocycles. The minimum absolute atomic E-state index is 0.323. The summed E-state index contributed by atoms with van der Waals surface area (Å²) in [6.07, 6.45) is 0. The molecule has 0 amide bonds. The second-order valence-electron chi connectivity index (χ2n) is 3.63. The number of nitrogens with zero attached hydrogens (tertiary/aromatic N) is 1. The third-order valence-electron chi connectivity index (χ3n) is 2.58. The molecule has 0 saturated carbocycles. The maximum Gasteiger partial charge on any atom is 0.159 e. The molecule has 0 saturated heterocycles. The van der Waals surface area contributed by atoms with E-state index < -0.39 is 0 Å². The molecule has 1 aromatic rings. The number of thioether (sulfide) groups is 1. The molecule has 0 spiro atoms. The van der Waals surface area contributed by atoms with Crippen LogP contribution in [0.3, 0.4) is 0 Å². The normalized spacial score (nSPS) is 21.5. The molecule has 1 atom stereocenters. The summed E-state index contributed by atoms with van der Waals surface area (Å²) in [5.74, 6) is 0. The Bertz CT molecular complexity index is 421.